The van der Waals surface area contributed by atoms with E-state index >= 15 is 0 Å². The highest BCUT2D eigenvalue weighted by Crippen LogP contribution is 2.67. The number of rotatable bonds is 5. The molecule has 3 saturated carbocycles. The van der Waals surface area contributed by atoms with E-state index in [9.17, 15) is 24.6 Å². The van der Waals surface area contributed by atoms with Gasteiger partial charge >= 0.3 is 5.97 Å². The molecule has 0 aromatic heterocycles. The molecule has 166 valence electrons. The molecule has 0 bridgehead atoms. The average molecular weight is 437 g/mol. The van der Waals surface area contributed by atoms with E-state index in [-0.39, 0.29) is 46.2 Å². The summed E-state index contributed by atoms with van der Waals surface area (Å²) >= 11 is 1.02. The average Bonchev–Trinajstić information content (AvgIpc) is 2.93. The molecule has 3 N–H and O–H groups in total. The number of carbonyl (C=O) groups excluding carboxylic acids is 2. The van der Waals surface area contributed by atoms with Gasteiger partial charge in [0.2, 0.25) is 0 Å². The molecule has 0 heterocycles. The summed E-state index contributed by atoms with van der Waals surface area (Å²) < 4.78 is 0. The molecule has 30 heavy (non-hydrogen) atoms. The molecular weight excluding hydrogens is 404 g/mol. The summed E-state index contributed by atoms with van der Waals surface area (Å²) in [4.78, 5) is 35.8. The first kappa shape index (κ1) is 22.0. The Hall–Kier alpha value is -1.18. The summed E-state index contributed by atoms with van der Waals surface area (Å²) in [6.07, 6.45) is 5.62. The number of aliphatic hydroxyl groups excluding tert-OH is 1. The number of ketones is 2. The Kier molecular flexibility index (Phi) is 5.47. The molecule has 0 aliphatic heterocycles. The van der Waals surface area contributed by atoms with Gasteiger partial charge in [0.15, 0.2) is 11.6 Å². The van der Waals surface area contributed by atoms with Crippen molar-refractivity contribution >= 4 is 29.3 Å². The van der Waals surface area contributed by atoms with Crippen LogP contribution in [0.15, 0.2) is 11.6 Å². The van der Waals surface area contributed by atoms with Crippen LogP contribution in [0.5, 0.6) is 0 Å². The third-order valence-corrected chi connectivity index (χ3v) is 9.89. The molecule has 0 aromatic rings. The molecule has 0 unspecified atom stereocenters. The van der Waals surface area contributed by atoms with Crippen molar-refractivity contribution in [1.29, 1.82) is 0 Å². The van der Waals surface area contributed by atoms with Gasteiger partial charge in [-0.05, 0) is 67.8 Å². The number of hydrogen-bond acceptors (Lipinski definition) is 6. The van der Waals surface area contributed by atoms with Crippen LogP contribution in [0.25, 0.3) is 0 Å². The second kappa shape index (κ2) is 7.45. The second-order valence-corrected chi connectivity index (χ2v) is 11.3. The van der Waals surface area contributed by atoms with E-state index in [1.165, 1.54) is 0 Å². The van der Waals surface area contributed by atoms with Gasteiger partial charge in [0, 0.05) is 11.8 Å². The number of aliphatic carboxylic acids is 1. The number of carboxylic acid groups (broad SMARTS) is 1. The van der Waals surface area contributed by atoms with Crippen molar-refractivity contribution in [3.8, 4) is 0 Å². The smallest absolute Gasteiger partial charge is 0.313 e. The van der Waals surface area contributed by atoms with Crippen LogP contribution in [0.2, 0.25) is 0 Å². The van der Waals surface area contributed by atoms with Gasteiger partial charge in [-0.3, -0.25) is 14.4 Å². The van der Waals surface area contributed by atoms with E-state index in [1.54, 1.807) is 6.08 Å². The van der Waals surface area contributed by atoms with Crippen molar-refractivity contribution in [2.45, 2.75) is 70.5 Å². The van der Waals surface area contributed by atoms with Crippen molar-refractivity contribution in [1.82, 2.24) is 0 Å². The maximum absolute atomic E-state index is 13.0. The number of carboxylic acids is 1. The molecule has 4 aliphatic rings. The molecule has 0 amide bonds. The maximum atomic E-state index is 13.0. The van der Waals surface area contributed by atoms with Crippen LogP contribution < -0.4 is 0 Å². The van der Waals surface area contributed by atoms with Crippen LogP contribution in [-0.4, -0.2) is 56.1 Å². The van der Waals surface area contributed by atoms with Crippen molar-refractivity contribution in [2.24, 2.45) is 28.6 Å². The van der Waals surface area contributed by atoms with Gasteiger partial charge in [-0.15, -0.1) is 11.8 Å². The van der Waals surface area contributed by atoms with E-state index in [1.807, 2.05) is 6.92 Å². The molecule has 4 aliphatic carbocycles. The zero-order chi connectivity index (χ0) is 21.9. The zero-order valence-electron chi connectivity index (χ0n) is 17.7. The molecule has 4 rings (SSSR count). The van der Waals surface area contributed by atoms with Gasteiger partial charge in [0.25, 0.3) is 0 Å². The normalized spacial score (nSPS) is 45.2. The standard InChI is InChI=1S/C23H32O6S/c1-21-7-5-14(24)9-13(21)3-4-15-16-6-8-23(29,18(26)11-30-12-19(27)28)22(16,2)10-17(25)20(15)21/h9,15-17,20,25,29H,3-8,10-12H2,1-2H3,(H,27,28)/t15-,16+,17+,20+,21+,22+,23+/m1/s1. The molecule has 0 spiro atoms. The Morgan fingerprint density at radius 2 is 1.90 bits per heavy atom. The van der Waals surface area contributed by atoms with Crippen molar-refractivity contribution in [2.75, 3.05) is 11.5 Å². The van der Waals surface area contributed by atoms with Gasteiger partial charge in [-0.1, -0.05) is 19.4 Å². The summed E-state index contributed by atoms with van der Waals surface area (Å²) in [7, 11) is 0. The second-order valence-electron chi connectivity index (χ2n) is 10.3. The summed E-state index contributed by atoms with van der Waals surface area (Å²) in [6.45, 7) is 4.13. The van der Waals surface area contributed by atoms with Gasteiger partial charge < -0.3 is 15.3 Å². The van der Waals surface area contributed by atoms with Crippen LogP contribution >= 0.6 is 11.8 Å². The largest absolute Gasteiger partial charge is 0.481 e. The SMILES string of the molecule is C[C@]12CCC(=O)C=C1CC[C@H]1[C@H]2[C@@H](O)C[C@@]2(C)[C@H]1CC[C@]2(O)C(=O)CSCC(=O)O. The van der Waals surface area contributed by atoms with Crippen molar-refractivity contribution < 1.29 is 29.7 Å². The molecule has 6 nitrogen and oxygen atoms in total. The molecule has 7 atom stereocenters. The van der Waals surface area contributed by atoms with E-state index in [4.69, 9.17) is 5.11 Å². The molecule has 3 fully saturated rings. The van der Waals surface area contributed by atoms with Crippen molar-refractivity contribution in [3.63, 3.8) is 0 Å². The third-order valence-electron chi connectivity index (χ3n) is 8.97. The lowest BCUT2D eigenvalue weighted by Gasteiger charge is -2.60. The summed E-state index contributed by atoms with van der Waals surface area (Å²) in [5.41, 5.74) is -1.26. The first-order chi connectivity index (χ1) is 14.0. The Morgan fingerprint density at radius 1 is 1.17 bits per heavy atom. The summed E-state index contributed by atoms with van der Waals surface area (Å²) in [5.74, 6) is -0.906. The highest BCUT2D eigenvalue weighted by molar-refractivity contribution is 8.00. The minimum atomic E-state index is -1.52. The first-order valence-corrected chi connectivity index (χ1v) is 12.2. The molecule has 7 heteroatoms. The Labute approximate surface area is 181 Å². The minimum Gasteiger partial charge on any atom is -0.481 e. The first-order valence-electron chi connectivity index (χ1n) is 11.0. The number of allylic oxidation sites excluding steroid dienone is 1. The van der Waals surface area contributed by atoms with Crippen LogP contribution in [0.1, 0.15) is 58.8 Å². The van der Waals surface area contributed by atoms with Gasteiger partial charge in [-0.2, -0.15) is 0 Å². The van der Waals surface area contributed by atoms with E-state index < -0.39 is 23.1 Å². The van der Waals surface area contributed by atoms with E-state index in [0.717, 1.165) is 43.0 Å². The van der Waals surface area contributed by atoms with Crippen LogP contribution in [0.4, 0.5) is 0 Å². The predicted molar refractivity (Wildman–Crippen MR) is 113 cm³/mol. The topological polar surface area (TPSA) is 112 Å². The highest BCUT2D eigenvalue weighted by atomic mass is 32.2. The monoisotopic (exact) mass is 436 g/mol. The molecular formula is C23H32O6S. The van der Waals surface area contributed by atoms with Crippen LogP contribution in [0.3, 0.4) is 0 Å². The van der Waals surface area contributed by atoms with Crippen LogP contribution in [-0.2, 0) is 14.4 Å². The van der Waals surface area contributed by atoms with Gasteiger partial charge in [0.05, 0.1) is 17.6 Å². The number of thioether (sulfide) groups is 1. The predicted octanol–water partition coefficient (Wildman–Crippen LogP) is 2.61. The van der Waals surface area contributed by atoms with Crippen LogP contribution in [0, 0.1) is 28.6 Å². The molecule has 0 saturated heterocycles. The molecule has 0 aromatic carbocycles. The minimum absolute atomic E-state index is 0.0258. The summed E-state index contributed by atoms with van der Waals surface area (Å²) in [5, 5.41) is 31.7. The zero-order valence-corrected chi connectivity index (χ0v) is 18.5. The number of carbonyl (C=O) groups is 3. The maximum Gasteiger partial charge on any atom is 0.313 e. The molecule has 0 radical (unpaired) electrons. The number of Topliss-reactive ketones (excluding diaryl/α,β-unsaturated/α-hetero) is 1. The van der Waals surface area contributed by atoms with E-state index in [2.05, 4.69) is 6.92 Å². The van der Waals surface area contributed by atoms with Crippen molar-refractivity contribution in [3.05, 3.63) is 11.6 Å². The number of aliphatic hydroxyl groups is 2. The highest BCUT2D eigenvalue weighted by Gasteiger charge is 2.68. The van der Waals surface area contributed by atoms with E-state index in [0.29, 0.717) is 19.3 Å². The lowest BCUT2D eigenvalue weighted by Crippen LogP contribution is -2.62. The number of hydrogen-bond donors (Lipinski definition) is 3. The van der Waals surface area contributed by atoms with Gasteiger partial charge in [0.1, 0.15) is 5.60 Å². The summed E-state index contributed by atoms with van der Waals surface area (Å²) in [6, 6.07) is 0. The lowest BCUT2D eigenvalue weighted by molar-refractivity contribution is -0.178. The fourth-order valence-electron chi connectivity index (χ4n) is 7.50. The lowest BCUT2D eigenvalue weighted by atomic mass is 9.45. The third kappa shape index (κ3) is 3.11. The van der Waals surface area contributed by atoms with Gasteiger partial charge in [-0.25, -0.2) is 0 Å². The fraction of sp³-hybridized carbons (Fsp3) is 0.783. The number of fused-ring (bicyclic) bond motifs is 5. The quantitative estimate of drug-likeness (QED) is 0.607. The Bertz CT molecular complexity index is 808. The Balaban J connectivity index is 1.61. The Morgan fingerprint density at radius 3 is 2.60 bits per heavy atom. The fourth-order valence-corrected chi connectivity index (χ4v) is 8.20.